The summed E-state index contributed by atoms with van der Waals surface area (Å²) in [6.07, 6.45) is 12.6. The molecular formula is C20H22O2. The van der Waals surface area contributed by atoms with Crippen molar-refractivity contribution >= 4 is 5.57 Å². The Balaban J connectivity index is 1.80. The van der Waals surface area contributed by atoms with Crippen LogP contribution in [0.1, 0.15) is 43.7 Å². The van der Waals surface area contributed by atoms with Crippen LogP contribution in [-0.4, -0.2) is 15.8 Å². The van der Waals surface area contributed by atoms with E-state index in [2.05, 4.69) is 18.9 Å². The van der Waals surface area contributed by atoms with Gasteiger partial charge < -0.3 is 10.2 Å². The first-order valence-electron chi connectivity index (χ1n) is 8.21. The monoisotopic (exact) mass is 294 g/mol. The van der Waals surface area contributed by atoms with Gasteiger partial charge in [0.25, 0.3) is 0 Å². The number of fused-ring (bicyclic) bond motifs is 5. The molecule has 2 N–H and O–H groups in total. The van der Waals surface area contributed by atoms with Crippen molar-refractivity contribution in [2.45, 2.75) is 44.6 Å². The second kappa shape index (κ2) is 4.40. The fourth-order valence-electron chi connectivity index (χ4n) is 5.21. The number of phenols is 1. The smallest absolute Gasteiger partial charge is 0.131 e. The first kappa shape index (κ1) is 13.9. The number of aliphatic hydroxyl groups is 1. The van der Waals surface area contributed by atoms with E-state index in [1.807, 2.05) is 12.1 Å². The molecule has 114 valence electrons. The van der Waals surface area contributed by atoms with Gasteiger partial charge in [0.2, 0.25) is 0 Å². The van der Waals surface area contributed by atoms with Crippen molar-refractivity contribution in [3.8, 4) is 18.1 Å². The van der Waals surface area contributed by atoms with Gasteiger partial charge in [-0.25, -0.2) is 0 Å². The second-order valence-electron chi connectivity index (χ2n) is 7.42. The maximum Gasteiger partial charge on any atom is 0.131 e. The van der Waals surface area contributed by atoms with Gasteiger partial charge in [0.1, 0.15) is 11.4 Å². The zero-order valence-electron chi connectivity index (χ0n) is 13.0. The Bertz CT molecular complexity index is 711. The number of aromatic hydroxyl groups is 1. The summed E-state index contributed by atoms with van der Waals surface area (Å²) in [7, 11) is 0. The lowest BCUT2D eigenvalue weighted by Gasteiger charge is -2.48. The fraction of sp³-hybridized carbons (Fsp3) is 0.500. The summed E-state index contributed by atoms with van der Waals surface area (Å²) >= 11 is 0. The number of terminal acetylenes is 1. The number of hydrogen-bond acceptors (Lipinski definition) is 2. The lowest BCUT2D eigenvalue weighted by molar-refractivity contribution is -0.0299. The molecule has 1 unspecified atom stereocenters. The Morgan fingerprint density at radius 2 is 2.14 bits per heavy atom. The molecule has 0 heterocycles. The molecule has 2 heteroatoms. The molecule has 1 fully saturated rings. The van der Waals surface area contributed by atoms with Crippen molar-refractivity contribution in [3.05, 3.63) is 35.4 Å². The molecule has 3 aliphatic rings. The predicted octanol–water partition coefficient (Wildman–Crippen LogP) is 3.52. The van der Waals surface area contributed by atoms with Crippen LogP contribution in [0.5, 0.6) is 5.75 Å². The molecule has 22 heavy (non-hydrogen) atoms. The van der Waals surface area contributed by atoms with Crippen LogP contribution in [-0.2, 0) is 6.42 Å². The summed E-state index contributed by atoms with van der Waals surface area (Å²) in [6.45, 7) is 2.17. The van der Waals surface area contributed by atoms with Gasteiger partial charge in [0, 0.05) is 5.41 Å². The molecule has 1 saturated carbocycles. The summed E-state index contributed by atoms with van der Waals surface area (Å²) in [6, 6.07) is 5.72. The maximum atomic E-state index is 10.9. The third-order valence-corrected chi connectivity index (χ3v) is 6.57. The van der Waals surface area contributed by atoms with E-state index in [4.69, 9.17) is 6.42 Å². The maximum absolute atomic E-state index is 10.9. The quantitative estimate of drug-likeness (QED) is 0.719. The van der Waals surface area contributed by atoms with Gasteiger partial charge in [-0.2, -0.15) is 0 Å². The third kappa shape index (κ3) is 1.61. The summed E-state index contributed by atoms with van der Waals surface area (Å²) in [4.78, 5) is 0. The van der Waals surface area contributed by atoms with Gasteiger partial charge in [-0.3, -0.25) is 0 Å². The SMILES string of the molecule is C#CC1(O)CC[C@H]2[C@@H]3CCc4cc(O)ccc4C3=CC[C@@]21C. The topological polar surface area (TPSA) is 40.5 Å². The highest BCUT2D eigenvalue weighted by Crippen LogP contribution is 2.62. The number of allylic oxidation sites excluding steroid dienone is 2. The van der Waals surface area contributed by atoms with Crippen LogP contribution in [0.4, 0.5) is 0 Å². The first-order chi connectivity index (χ1) is 10.5. The van der Waals surface area contributed by atoms with Crippen molar-refractivity contribution in [1.29, 1.82) is 0 Å². The van der Waals surface area contributed by atoms with E-state index in [-0.39, 0.29) is 5.41 Å². The van der Waals surface area contributed by atoms with Gasteiger partial charge >= 0.3 is 0 Å². The molecule has 1 aromatic rings. The largest absolute Gasteiger partial charge is 0.508 e. The van der Waals surface area contributed by atoms with E-state index in [0.29, 0.717) is 24.0 Å². The second-order valence-corrected chi connectivity index (χ2v) is 7.42. The zero-order chi connectivity index (χ0) is 15.5. The molecule has 0 aromatic heterocycles. The number of rotatable bonds is 0. The van der Waals surface area contributed by atoms with Gasteiger partial charge in [-0.05, 0) is 72.8 Å². The molecule has 0 bridgehead atoms. The van der Waals surface area contributed by atoms with Crippen LogP contribution in [0.2, 0.25) is 0 Å². The lowest BCUT2D eigenvalue weighted by Crippen LogP contribution is -2.47. The number of aryl methyl sites for hydroxylation is 1. The molecule has 4 atom stereocenters. The average molecular weight is 294 g/mol. The van der Waals surface area contributed by atoms with E-state index in [1.54, 1.807) is 6.07 Å². The first-order valence-corrected chi connectivity index (χ1v) is 8.21. The predicted molar refractivity (Wildman–Crippen MR) is 87.1 cm³/mol. The molecule has 0 spiro atoms. The summed E-state index contributed by atoms with van der Waals surface area (Å²) < 4.78 is 0. The molecule has 0 saturated heterocycles. The summed E-state index contributed by atoms with van der Waals surface area (Å²) in [5.41, 5.74) is 2.77. The van der Waals surface area contributed by atoms with E-state index in [0.717, 1.165) is 25.7 Å². The average Bonchev–Trinajstić information content (AvgIpc) is 2.79. The van der Waals surface area contributed by atoms with Crippen molar-refractivity contribution in [3.63, 3.8) is 0 Å². The summed E-state index contributed by atoms with van der Waals surface area (Å²) in [5, 5.41) is 20.6. The minimum absolute atomic E-state index is 0.204. The molecule has 3 aliphatic carbocycles. The third-order valence-electron chi connectivity index (χ3n) is 6.57. The highest BCUT2D eigenvalue weighted by molar-refractivity contribution is 5.74. The number of hydrogen-bond donors (Lipinski definition) is 2. The molecule has 2 nitrogen and oxygen atoms in total. The van der Waals surface area contributed by atoms with E-state index in [1.165, 1.54) is 16.7 Å². The van der Waals surface area contributed by atoms with Gasteiger partial charge in [-0.15, -0.1) is 6.42 Å². The van der Waals surface area contributed by atoms with Crippen LogP contribution in [0.25, 0.3) is 5.57 Å². The zero-order valence-corrected chi connectivity index (χ0v) is 13.0. The van der Waals surface area contributed by atoms with Gasteiger partial charge in [-0.1, -0.05) is 25.0 Å². The molecule has 1 aromatic carbocycles. The molecule has 0 radical (unpaired) electrons. The van der Waals surface area contributed by atoms with Crippen molar-refractivity contribution in [1.82, 2.24) is 0 Å². The molecular weight excluding hydrogens is 272 g/mol. The van der Waals surface area contributed by atoms with Crippen LogP contribution >= 0.6 is 0 Å². The van der Waals surface area contributed by atoms with Crippen molar-refractivity contribution < 1.29 is 10.2 Å². The van der Waals surface area contributed by atoms with Crippen molar-refractivity contribution in [2.75, 3.05) is 0 Å². The Morgan fingerprint density at radius 1 is 1.32 bits per heavy atom. The highest BCUT2D eigenvalue weighted by atomic mass is 16.3. The number of phenolic OH excluding ortho intramolecular Hbond substituents is 1. The van der Waals surface area contributed by atoms with Crippen LogP contribution in [0, 0.1) is 29.6 Å². The van der Waals surface area contributed by atoms with Crippen LogP contribution in [0.15, 0.2) is 24.3 Å². The Labute approximate surface area is 131 Å². The molecule has 0 aliphatic heterocycles. The van der Waals surface area contributed by atoms with E-state index in [9.17, 15) is 10.2 Å². The summed E-state index contributed by atoms with van der Waals surface area (Å²) in [5.74, 6) is 3.98. The van der Waals surface area contributed by atoms with Crippen molar-refractivity contribution in [2.24, 2.45) is 17.3 Å². The number of benzene rings is 1. The normalized spacial score (nSPS) is 39.2. The Morgan fingerprint density at radius 3 is 2.91 bits per heavy atom. The van der Waals surface area contributed by atoms with E-state index < -0.39 is 5.60 Å². The fourth-order valence-corrected chi connectivity index (χ4v) is 5.21. The van der Waals surface area contributed by atoms with Gasteiger partial charge in [0.05, 0.1) is 0 Å². The highest BCUT2D eigenvalue weighted by Gasteiger charge is 2.59. The van der Waals surface area contributed by atoms with Crippen LogP contribution < -0.4 is 0 Å². The van der Waals surface area contributed by atoms with E-state index >= 15 is 0 Å². The Kier molecular flexibility index (Phi) is 2.78. The Hall–Kier alpha value is -1.72. The lowest BCUT2D eigenvalue weighted by atomic mass is 9.57. The minimum Gasteiger partial charge on any atom is -0.508 e. The van der Waals surface area contributed by atoms with Crippen LogP contribution in [0.3, 0.4) is 0 Å². The van der Waals surface area contributed by atoms with Gasteiger partial charge in [0.15, 0.2) is 0 Å². The molecule has 4 rings (SSSR count). The standard InChI is InChI=1S/C20H22O2/c1-3-20(22)11-9-18-17-6-4-13-12-14(21)5-7-15(13)16(17)8-10-19(18,20)2/h1,5,7-8,12,17-18,21-22H,4,6,9-11H2,2H3/t17-,18+,19+,20?/m1/s1. The minimum atomic E-state index is -0.963. The molecule has 0 amide bonds.